The molecule has 1 aromatic rings. The number of nitrogens with one attached hydrogen (secondary N) is 2. The van der Waals surface area contributed by atoms with Gasteiger partial charge in [-0.2, -0.15) is 5.10 Å². The highest BCUT2D eigenvalue weighted by Crippen LogP contribution is 2.01. The van der Waals surface area contributed by atoms with Crippen LogP contribution in [-0.4, -0.2) is 47.6 Å². The zero-order valence-electron chi connectivity index (χ0n) is 9.00. The van der Waals surface area contributed by atoms with Crippen molar-refractivity contribution in [1.82, 2.24) is 20.4 Å². The summed E-state index contributed by atoms with van der Waals surface area (Å²) in [5.41, 5.74) is 1.14. The second kappa shape index (κ2) is 4.59. The van der Waals surface area contributed by atoms with E-state index in [9.17, 15) is 9.59 Å². The van der Waals surface area contributed by atoms with Gasteiger partial charge in [-0.15, -0.1) is 0 Å². The molecular formula is C9H14N4O2. The fraction of sp³-hybridized carbons (Fsp3) is 0.444. The molecule has 0 aliphatic heterocycles. The third kappa shape index (κ3) is 2.80. The molecule has 6 heteroatoms. The van der Waals surface area contributed by atoms with Gasteiger partial charge < -0.3 is 10.2 Å². The van der Waals surface area contributed by atoms with Crippen LogP contribution in [0.1, 0.15) is 16.1 Å². The molecule has 2 N–H and O–H groups in total. The first kappa shape index (κ1) is 11.2. The van der Waals surface area contributed by atoms with E-state index in [0.717, 1.165) is 0 Å². The van der Waals surface area contributed by atoms with Gasteiger partial charge in [-0.1, -0.05) is 0 Å². The van der Waals surface area contributed by atoms with Gasteiger partial charge >= 0.3 is 0 Å². The van der Waals surface area contributed by atoms with Crippen LogP contribution in [0.3, 0.4) is 0 Å². The Morgan fingerprint density at radius 1 is 1.53 bits per heavy atom. The number of hydrogen-bond donors (Lipinski definition) is 2. The summed E-state index contributed by atoms with van der Waals surface area (Å²) in [7, 11) is 3.27. The highest BCUT2D eigenvalue weighted by molar-refractivity contribution is 5.97. The summed E-state index contributed by atoms with van der Waals surface area (Å²) in [5, 5.41) is 8.89. The minimum atomic E-state index is -0.295. The lowest BCUT2D eigenvalue weighted by molar-refractivity contribution is -0.127. The molecular weight excluding hydrogens is 196 g/mol. The molecule has 1 aromatic heterocycles. The van der Waals surface area contributed by atoms with Crippen LogP contribution in [-0.2, 0) is 4.79 Å². The van der Waals surface area contributed by atoms with Crippen molar-refractivity contribution in [2.45, 2.75) is 6.92 Å². The number of H-pyrrole nitrogens is 1. The largest absolute Gasteiger partial charge is 0.347 e. The normalized spacial score (nSPS) is 9.80. The molecule has 0 saturated carbocycles. The lowest BCUT2D eigenvalue weighted by atomic mass is 10.2. The van der Waals surface area contributed by atoms with Gasteiger partial charge in [0, 0.05) is 19.8 Å². The number of amides is 2. The maximum atomic E-state index is 11.5. The first-order valence-corrected chi connectivity index (χ1v) is 4.50. The zero-order chi connectivity index (χ0) is 11.4. The molecule has 0 bridgehead atoms. The van der Waals surface area contributed by atoms with E-state index in [0.29, 0.717) is 11.3 Å². The number of nitrogens with zero attached hydrogens (tertiary/aromatic N) is 2. The van der Waals surface area contributed by atoms with Gasteiger partial charge in [0.05, 0.1) is 18.3 Å². The van der Waals surface area contributed by atoms with Gasteiger partial charge in [0.15, 0.2) is 0 Å². The summed E-state index contributed by atoms with van der Waals surface area (Å²) in [6, 6.07) is 0. The van der Waals surface area contributed by atoms with Gasteiger partial charge in [-0.3, -0.25) is 14.7 Å². The topological polar surface area (TPSA) is 78.1 Å². The summed E-state index contributed by atoms with van der Waals surface area (Å²) < 4.78 is 0. The molecule has 0 spiro atoms. The molecule has 0 aromatic carbocycles. The second-order valence-electron chi connectivity index (χ2n) is 3.38. The molecule has 0 aliphatic carbocycles. The molecule has 1 rings (SSSR count). The number of carbonyl (C=O) groups is 2. The van der Waals surface area contributed by atoms with E-state index in [1.54, 1.807) is 21.0 Å². The number of aromatic nitrogens is 2. The number of rotatable bonds is 3. The van der Waals surface area contributed by atoms with Gasteiger partial charge in [0.25, 0.3) is 5.91 Å². The van der Waals surface area contributed by atoms with Crippen molar-refractivity contribution in [3.63, 3.8) is 0 Å². The fourth-order valence-electron chi connectivity index (χ4n) is 0.989. The van der Waals surface area contributed by atoms with Crippen LogP contribution in [0.15, 0.2) is 6.20 Å². The van der Waals surface area contributed by atoms with Gasteiger partial charge in [-0.25, -0.2) is 0 Å². The van der Waals surface area contributed by atoms with E-state index in [-0.39, 0.29) is 18.4 Å². The second-order valence-corrected chi connectivity index (χ2v) is 3.38. The van der Waals surface area contributed by atoms with Crippen LogP contribution in [0.25, 0.3) is 0 Å². The number of carbonyl (C=O) groups excluding carboxylic acids is 2. The van der Waals surface area contributed by atoms with Crippen molar-refractivity contribution in [3.8, 4) is 0 Å². The highest BCUT2D eigenvalue weighted by atomic mass is 16.2. The number of hydrogen-bond acceptors (Lipinski definition) is 3. The van der Waals surface area contributed by atoms with E-state index in [1.165, 1.54) is 11.1 Å². The number of aryl methyl sites for hydroxylation is 1. The zero-order valence-corrected chi connectivity index (χ0v) is 9.00. The Labute approximate surface area is 87.7 Å². The maximum absolute atomic E-state index is 11.5. The Morgan fingerprint density at radius 2 is 2.20 bits per heavy atom. The molecule has 0 unspecified atom stereocenters. The minimum Gasteiger partial charge on any atom is -0.347 e. The summed E-state index contributed by atoms with van der Waals surface area (Å²) in [5.74, 6) is -0.444. The lowest BCUT2D eigenvalue weighted by Gasteiger charge is -2.10. The molecule has 0 radical (unpaired) electrons. The van der Waals surface area contributed by atoms with Crippen LogP contribution >= 0.6 is 0 Å². The van der Waals surface area contributed by atoms with E-state index >= 15 is 0 Å². The van der Waals surface area contributed by atoms with Crippen molar-refractivity contribution >= 4 is 11.8 Å². The first-order chi connectivity index (χ1) is 7.02. The molecule has 0 atom stereocenters. The molecule has 82 valence electrons. The lowest BCUT2D eigenvalue weighted by Crippen LogP contribution is -2.36. The monoisotopic (exact) mass is 210 g/mol. The molecule has 6 nitrogen and oxygen atoms in total. The quantitative estimate of drug-likeness (QED) is 0.708. The fourth-order valence-corrected chi connectivity index (χ4v) is 0.989. The number of likely N-dealkylation sites (N-methyl/N-ethyl adjacent to an activating group) is 1. The first-order valence-electron chi connectivity index (χ1n) is 4.50. The highest BCUT2D eigenvalue weighted by Gasteiger charge is 2.12. The van der Waals surface area contributed by atoms with Crippen LogP contribution in [0.4, 0.5) is 0 Å². The smallest absolute Gasteiger partial charge is 0.255 e. The standard InChI is InChI=1S/C9H14N4O2/c1-6-7(4-11-12-6)9(15)10-5-8(14)13(2)3/h4H,5H2,1-3H3,(H,10,15)(H,11,12). The molecule has 0 aliphatic rings. The average molecular weight is 210 g/mol. The third-order valence-corrected chi connectivity index (χ3v) is 1.97. The molecule has 0 saturated heterocycles. The van der Waals surface area contributed by atoms with Crippen molar-refractivity contribution < 1.29 is 9.59 Å². The number of aromatic amines is 1. The Hall–Kier alpha value is -1.85. The molecule has 2 amide bonds. The van der Waals surface area contributed by atoms with E-state index in [4.69, 9.17) is 0 Å². The van der Waals surface area contributed by atoms with E-state index < -0.39 is 0 Å². The van der Waals surface area contributed by atoms with Crippen LogP contribution in [0.2, 0.25) is 0 Å². The van der Waals surface area contributed by atoms with Crippen molar-refractivity contribution in [2.75, 3.05) is 20.6 Å². The third-order valence-electron chi connectivity index (χ3n) is 1.97. The Bertz CT molecular complexity index is 370. The van der Waals surface area contributed by atoms with Crippen LogP contribution in [0, 0.1) is 6.92 Å². The van der Waals surface area contributed by atoms with Crippen molar-refractivity contribution in [1.29, 1.82) is 0 Å². The SMILES string of the molecule is Cc1[nH]ncc1C(=O)NCC(=O)N(C)C. The van der Waals surface area contributed by atoms with Crippen LogP contribution in [0.5, 0.6) is 0 Å². The summed E-state index contributed by atoms with van der Waals surface area (Å²) in [4.78, 5) is 24.1. The Morgan fingerprint density at radius 3 is 2.67 bits per heavy atom. The molecule has 0 fully saturated rings. The molecule has 15 heavy (non-hydrogen) atoms. The Kier molecular flexibility index (Phi) is 3.43. The molecule has 1 heterocycles. The predicted octanol–water partition coefficient (Wildman–Crippen LogP) is -0.464. The van der Waals surface area contributed by atoms with Gasteiger partial charge in [0.1, 0.15) is 0 Å². The van der Waals surface area contributed by atoms with Crippen LogP contribution < -0.4 is 5.32 Å². The van der Waals surface area contributed by atoms with Gasteiger partial charge in [0.2, 0.25) is 5.91 Å². The van der Waals surface area contributed by atoms with Crippen molar-refractivity contribution in [2.24, 2.45) is 0 Å². The Balaban J connectivity index is 2.51. The van der Waals surface area contributed by atoms with Crippen molar-refractivity contribution in [3.05, 3.63) is 17.5 Å². The summed E-state index contributed by atoms with van der Waals surface area (Å²) in [6.07, 6.45) is 1.44. The predicted molar refractivity (Wildman–Crippen MR) is 54.4 cm³/mol. The minimum absolute atomic E-state index is 0.00352. The summed E-state index contributed by atoms with van der Waals surface area (Å²) in [6.45, 7) is 1.74. The van der Waals surface area contributed by atoms with E-state index in [1.807, 2.05) is 0 Å². The van der Waals surface area contributed by atoms with Gasteiger partial charge in [-0.05, 0) is 6.92 Å². The maximum Gasteiger partial charge on any atom is 0.255 e. The van der Waals surface area contributed by atoms with E-state index in [2.05, 4.69) is 15.5 Å². The average Bonchev–Trinajstić information content (AvgIpc) is 2.60. The summed E-state index contributed by atoms with van der Waals surface area (Å²) >= 11 is 0.